The number of azide groups is 1. The average Bonchev–Trinajstić information content (AvgIpc) is 2.36. The summed E-state index contributed by atoms with van der Waals surface area (Å²) in [7, 11) is 0. The van der Waals surface area contributed by atoms with Crippen LogP contribution in [-0.4, -0.2) is 9.97 Å². The number of H-pyrrole nitrogens is 1. The largest absolute Gasteiger partial charge is 0.305 e. The topological polar surface area (TPSA) is 94.5 Å². The summed E-state index contributed by atoms with van der Waals surface area (Å²) in [5.74, 6) is -0.408. The van der Waals surface area contributed by atoms with Gasteiger partial charge in [-0.15, -0.1) is 0 Å². The van der Waals surface area contributed by atoms with E-state index >= 15 is 0 Å². The number of aromatic nitrogens is 2. The summed E-state index contributed by atoms with van der Waals surface area (Å²) >= 11 is 0. The number of rotatable bonds is 3. The summed E-state index contributed by atoms with van der Waals surface area (Å²) in [5, 5.41) is 3.19. The molecule has 0 amide bonds. The van der Waals surface area contributed by atoms with Crippen LogP contribution in [0.5, 0.6) is 0 Å². The van der Waals surface area contributed by atoms with Gasteiger partial charge in [0.25, 0.3) is 5.56 Å². The summed E-state index contributed by atoms with van der Waals surface area (Å²) in [6.07, 6.45) is 1.67. The second-order valence-electron chi connectivity index (χ2n) is 3.55. The first-order valence-corrected chi connectivity index (χ1v) is 5.07. The van der Waals surface area contributed by atoms with Gasteiger partial charge in [0.2, 0.25) is 0 Å². The molecule has 1 aromatic carbocycles. The minimum absolute atomic E-state index is 0.0784. The van der Waals surface area contributed by atoms with Crippen molar-refractivity contribution in [3.8, 4) is 0 Å². The van der Waals surface area contributed by atoms with Gasteiger partial charge in [0.15, 0.2) is 5.95 Å². The molecule has 0 fully saturated rings. The number of hydrogen-bond acceptors (Lipinski definition) is 3. The molecule has 7 heteroatoms. The Morgan fingerprint density at radius 1 is 1.39 bits per heavy atom. The number of halogens is 1. The molecule has 2 aromatic rings. The van der Waals surface area contributed by atoms with Crippen LogP contribution < -0.4 is 5.56 Å². The second-order valence-corrected chi connectivity index (χ2v) is 3.55. The quantitative estimate of drug-likeness (QED) is 0.510. The van der Waals surface area contributed by atoms with Crippen LogP contribution in [0.3, 0.4) is 0 Å². The van der Waals surface area contributed by atoms with Crippen molar-refractivity contribution in [1.29, 1.82) is 0 Å². The first-order valence-electron chi connectivity index (χ1n) is 5.07. The van der Waals surface area contributed by atoms with Gasteiger partial charge in [0.05, 0.1) is 0 Å². The highest BCUT2D eigenvalue weighted by Crippen LogP contribution is 2.08. The molecule has 0 bridgehead atoms. The normalized spacial score (nSPS) is 9.83. The number of nitrogens with zero attached hydrogens (tertiary/aromatic N) is 4. The Morgan fingerprint density at radius 3 is 2.72 bits per heavy atom. The molecule has 18 heavy (non-hydrogen) atoms. The van der Waals surface area contributed by atoms with Gasteiger partial charge in [-0.05, 0) is 28.3 Å². The summed E-state index contributed by atoms with van der Waals surface area (Å²) < 4.78 is 12.7. The molecule has 0 aliphatic rings. The van der Waals surface area contributed by atoms with Crippen LogP contribution in [0.15, 0.2) is 40.4 Å². The molecule has 0 saturated carbocycles. The van der Waals surface area contributed by atoms with Crippen LogP contribution >= 0.6 is 0 Å². The Hall–Kier alpha value is -2.66. The molecular formula is C11H8FN5O. The fourth-order valence-corrected chi connectivity index (χ4v) is 1.45. The standard InChI is InChI=1S/C11H8FN5O/c12-9-3-1-7(2-4-9)5-8-6-14-11(16-17-13)15-10(8)18/h1-4,6H,5H2,(H,14,15,18). The minimum atomic E-state index is -0.378. The zero-order chi connectivity index (χ0) is 13.0. The average molecular weight is 245 g/mol. The highest BCUT2D eigenvalue weighted by molar-refractivity contribution is 5.25. The van der Waals surface area contributed by atoms with Crippen molar-refractivity contribution in [3.05, 3.63) is 68.2 Å². The predicted molar refractivity (Wildman–Crippen MR) is 62.9 cm³/mol. The van der Waals surface area contributed by atoms with E-state index in [-0.39, 0.29) is 17.3 Å². The van der Waals surface area contributed by atoms with Crippen molar-refractivity contribution in [2.45, 2.75) is 6.42 Å². The van der Waals surface area contributed by atoms with Crippen molar-refractivity contribution in [2.75, 3.05) is 0 Å². The lowest BCUT2D eigenvalue weighted by Gasteiger charge is -2.01. The molecule has 0 unspecified atom stereocenters. The van der Waals surface area contributed by atoms with Crippen LogP contribution in [-0.2, 0) is 6.42 Å². The van der Waals surface area contributed by atoms with E-state index in [9.17, 15) is 9.18 Å². The predicted octanol–water partition coefficient (Wildman–Crippen LogP) is 2.44. The molecule has 1 N–H and O–H groups in total. The zero-order valence-corrected chi connectivity index (χ0v) is 9.17. The van der Waals surface area contributed by atoms with Crippen LogP contribution in [0, 0.1) is 5.82 Å². The van der Waals surface area contributed by atoms with Gasteiger partial charge >= 0.3 is 0 Å². The third-order valence-electron chi connectivity index (χ3n) is 2.31. The van der Waals surface area contributed by atoms with Gasteiger partial charge in [-0.25, -0.2) is 9.37 Å². The number of hydrogen-bond donors (Lipinski definition) is 1. The fraction of sp³-hybridized carbons (Fsp3) is 0.0909. The lowest BCUT2D eigenvalue weighted by molar-refractivity contribution is 0.627. The van der Waals surface area contributed by atoms with Crippen LogP contribution in [0.1, 0.15) is 11.1 Å². The molecule has 0 aliphatic carbocycles. The highest BCUT2D eigenvalue weighted by Gasteiger charge is 2.03. The molecule has 0 saturated heterocycles. The van der Waals surface area contributed by atoms with Crippen molar-refractivity contribution in [3.63, 3.8) is 0 Å². The monoisotopic (exact) mass is 245 g/mol. The highest BCUT2D eigenvalue weighted by atomic mass is 19.1. The summed E-state index contributed by atoms with van der Waals surface area (Å²) in [4.78, 5) is 20.3. The summed E-state index contributed by atoms with van der Waals surface area (Å²) in [5.41, 5.74) is 9.03. The molecule has 6 nitrogen and oxygen atoms in total. The molecule has 0 atom stereocenters. The van der Waals surface area contributed by atoms with Crippen LogP contribution in [0.25, 0.3) is 10.4 Å². The molecule has 1 aromatic heterocycles. The van der Waals surface area contributed by atoms with E-state index in [4.69, 9.17) is 5.53 Å². The molecular weight excluding hydrogens is 237 g/mol. The lowest BCUT2D eigenvalue weighted by atomic mass is 10.1. The van der Waals surface area contributed by atoms with E-state index in [1.807, 2.05) is 0 Å². The van der Waals surface area contributed by atoms with Gasteiger partial charge < -0.3 is 4.98 Å². The Kier molecular flexibility index (Phi) is 3.36. The molecule has 90 valence electrons. The van der Waals surface area contributed by atoms with Gasteiger partial charge in [0, 0.05) is 23.1 Å². The molecule has 0 aliphatic heterocycles. The number of benzene rings is 1. The van der Waals surface area contributed by atoms with Crippen molar-refractivity contribution < 1.29 is 4.39 Å². The maximum Gasteiger partial charge on any atom is 0.254 e. The summed E-state index contributed by atoms with van der Waals surface area (Å²) in [6, 6.07) is 5.84. The Labute approximate surface area is 101 Å². The molecule has 2 rings (SSSR count). The first-order chi connectivity index (χ1) is 8.69. The van der Waals surface area contributed by atoms with E-state index < -0.39 is 0 Å². The Balaban J connectivity index is 2.27. The van der Waals surface area contributed by atoms with E-state index in [0.717, 1.165) is 5.56 Å². The first kappa shape index (κ1) is 11.8. The number of nitrogens with one attached hydrogen (secondary N) is 1. The van der Waals surface area contributed by atoms with Crippen molar-refractivity contribution in [1.82, 2.24) is 9.97 Å². The zero-order valence-electron chi connectivity index (χ0n) is 9.17. The number of aromatic amines is 1. The molecule has 0 radical (unpaired) electrons. The van der Waals surface area contributed by atoms with Gasteiger partial charge in [0.1, 0.15) is 5.82 Å². The molecule has 0 spiro atoms. The van der Waals surface area contributed by atoms with Crippen molar-refractivity contribution in [2.24, 2.45) is 5.11 Å². The van der Waals surface area contributed by atoms with E-state index in [1.165, 1.54) is 18.3 Å². The van der Waals surface area contributed by atoms with Gasteiger partial charge in [-0.3, -0.25) is 4.79 Å². The molecule has 1 heterocycles. The smallest absolute Gasteiger partial charge is 0.254 e. The third kappa shape index (κ3) is 2.72. The van der Waals surface area contributed by atoms with Gasteiger partial charge in [-0.1, -0.05) is 12.1 Å². The van der Waals surface area contributed by atoms with E-state index in [2.05, 4.69) is 20.0 Å². The van der Waals surface area contributed by atoms with E-state index in [1.54, 1.807) is 12.1 Å². The van der Waals surface area contributed by atoms with Gasteiger partial charge in [-0.2, -0.15) is 0 Å². The van der Waals surface area contributed by atoms with Crippen LogP contribution in [0.4, 0.5) is 10.3 Å². The minimum Gasteiger partial charge on any atom is -0.305 e. The lowest BCUT2D eigenvalue weighted by Crippen LogP contribution is -2.13. The summed E-state index contributed by atoms with van der Waals surface area (Å²) in [6.45, 7) is 0. The Bertz CT molecular complexity index is 658. The van der Waals surface area contributed by atoms with Crippen molar-refractivity contribution >= 4 is 5.95 Å². The SMILES string of the molecule is [N-]=[N+]=Nc1ncc(Cc2ccc(F)cc2)c(=O)[nH]1. The maximum atomic E-state index is 12.7. The Morgan fingerprint density at radius 2 is 2.11 bits per heavy atom. The maximum absolute atomic E-state index is 12.7. The van der Waals surface area contributed by atoms with E-state index in [0.29, 0.717) is 12.0 Å². The third-order valence-corrected chi connectivity index (χ3v) is 2.31. The fourth-order valence-electron chi connectivity index (χ4n) is 1.45. The van der Waals surface area contributed by atoms with Crippen LogP contribution in [0.2, 0.25) is 0 Å². The second kappa shape index (κ2) is 5.11.